The van der Waals surface area contributed by atoms with E-state index in [0.29, 0.717) is 5.56 Å². The van der Waals surface area contributed by atoms with Crippen molar-refractivity contribution in [1.29, 1.82) is 0 Å². The molecule has 2 heterocycles. The van der Waals surface area contributed by atoms with E-state index in [1.54, 1.807) is 11.8 Å². The predicted octanol–water partition coefficient (Wildman–Crippen LogP) is 6.08. The molecule has 0 unspecified atom stereocenters. The van der Waals surface area contributed by atoms with Crippen LogP contribution in [0.25, 0.3) is 22.6 Å². The van der Waals surface area contributed by atoms with Gasteiger partial charge in [-0.3, -0.25) is 0 Å². The number of hydrogen-bond donors (Lipinski definition) is 0. The molecule has 0 saturated heterocycles. The number of anilines is 1. The second kappa shape index (κ2) is 9.20. The molecule has 34 heavy (non-hydrogen) atoms. The Morgan fingerprint density at radius 1 is 0.941 bits per heavy atom. The van der Waals surface area contributed by atoms with Crippen LogP contribution in [0.1, 0.15) is 21.5 Å². The minimum absolute atomic E-state index is 0.335. The second-order valence-corrected chi connectivity index (χ2v) is 9.24. The van der Waals surface area contributed by atoms with E-state index in [1.165, 1.54) is 28.6 Å². The van der Waals surface area contributed by atoms with Crippen LogP contribution in [-0.4, -0.2) is 20.1 Å². The standard InChI is InChI=1S/C29H25N2O2S/c1-30-17-16-22(24-8-4-5-9-25(24)30)18-23(20-12-14-21(15-13-20)29(32)33-3)19-28-31(2)26-10-6-7-11-27(26)34-28/h4-19H,1-3H3/q+1. The zero-order chi connectivity index (χ0) is 23.7. The van der Waals surface area contributed by atoms with Crippen molar-refractivity contribution in [2.45, 2.75) is 4.90 Å². The van der Waals surface area contributed by atoms with Gasteiger partial charge in [0.2, 0.25) is 5.52 Å². The lowest BCUT2D eigenvalue weighted by molar-refractivity contribution is -0.644. The molecule has 0 N–H and O–H groups in total. The molecule has 0 saturated carbocycles. The summed E-state index contributed by atoms with van der Waals surface area (Å²) in [5.74, 6) is -0.335. The van der Waals surface area contributed by atoms with Crippen LogP contribution in [0.3, 0.4) is 0 Å². The second-order valence-electron chi connectivity index (χ2n) is 8.18. The van der Waals surface area contributed by atoms with Crippen molar-refractivity contribution >= 4 is 46.0 Å². The maximum atomic E-state index is 12.0. The van der Waals surface area contributed by atoms with Crippen molar-refractivity contribution in [2.24, 2.45) is 7.05 Å². The molecule has 1 aliphatic rings. The van der Waals surface area contributed by atoms with Crippen LogP contribution in [0.5, 0.6) is 0 Å². The first-order chi connectivity index (χ1) is 16.5. The summed E-state index contributed by atoms with van der Waals surface area (Å²) >= 11 is 1.76. The maximum Gasteiger partial charge on any atom is 0.337 e. The summed E-state index contributed by atoms with van der Waals surface area (Å²) in [4.78, 5) is 15.4. The van der Waals surface area contributed by atoms with Gasteiger partial charge in [-0.15, -0.1) is 0 Å². The van der Waals surface area contributed by atoms with Crippen molar-refractivity contribution < 1.29 is 14.1 Å². The molecule has 168 valence electrons. The SMILES string of the molecule is COC(=O)c1ccc(C(=C\c2cc[n+](C)c3ccccc23)/C=C2/Sc3ccccc3N2C)cc1. The highest BCUT2D eigenvalue weighted by Crippen LogP contribution is 2.45. The van der Waals surface area contributed by atoms with Crippen molar-refractivity contribution in [3.8, 4) is 0 Å². The quantitative estimate of drug-likeness (QED) is 0.270. The summed E-state index contributed by atoms with van der Waals surface area (Å²) in [5.41, 5.74) is 6.15. The Hall–Kier alpha value is -3.83. The molecule has 0 aliphatic carbocycles. The Bertz CT molecular complexity index is 1450. The summed E-state index contributed by atoms with van der Waals surface area (Å²) in [5, 5.41) is 2.33. The van der Waals surface area contributed by atoms with Crippen LogP contribution in [0, 0.1) is 0 Å². The molecule has 3 aromatic carbocycles. The maximum absolute atomic E-state index is 12.0. The van der Waals surface area contributed by atoms with Crippen LogP contribution in [0.2, 0.25) is 0 Å². The number of methoxy groups -OCH3 is 1. The molecule has 0 radical (unpaired) electrons. The topological polar surface area (TPSA) is 33.4 Å². The number of esters is 1. The number of rotatable bonds is 4. The summed E-state index contributed by atoms with van der Waals surface area (Å²) in [6.07, 6.45) is 6.53. The zero-order valence-electron chi connectivity index (χ0n) is 19.4. The highest BCUT2D eigenvalue weighted by Gasteiger charge is 2.22. The van der Waals surface area contributed by atoms with Crippen LogP contribution in [0.15, 0.2) is 101 Å². The van der Waals surface area contributed by atoms with Gasteiger partial charge in [-0.2, -0.15) is 0 Å². The van der Waals surface area contributed by atoms with E-state index in [4.69, 9.17) is 4.74 Å². The number of benzene rings is 3. The molecule has 0 bridgehead atoms. The Balaban J connectivity index is 1.64. The molecule has 5 heteroatoms. The monoisotopic (exact) mass is 465 g/mol. The number of hydrogen-bond acceptors (Lipinski definition) is 4. The number of nitrogens with zero attached hydrogens (tertiary/aromatic N) is 2. The van der Waals surface area contributed by atoms with Crippen molar-refractivity contribution in [1.82, 2.24) is 0 Å². The number of carbonyl (C=O) groups is 1. The van der Waals surface area contributed by atoms with Gasteiger partial charge in [-0.1, -0.05) is 48.2 Å². The number of para-hydroxylation sites is 2. The zero-order valence-corrected chi connectivity index (χ0v) is 20.2. The summed E-state index contributed by atoms with van der Waals surface area (Å²) in [6.45, 7) is 0. The fourth-order valence-corrected chi connectivity index (χ4v) is 5.29. The first kappa shape index (κ1) is 22.0. The van der Waals surface area contributed by atoms with Gasteiger partial charge in [-0.25, -0.2) is 9.36 Å². The van der Waals surface area contributed by atoms with Gasteiger partial charge in [-0.05, 0) is 59.2 Å². The predicted molar refractivity (Wildman–Crippen MR) is 140 cm³/mol. The lowest BCUT2D eigenvalue weighted by Gasteiger charge is -2.15. The molecule has 1 aromatic heterocycles. The third-order valence-corrected chi connectivity index (χ3v) is 7.24. The first-order valence-corrected chi connectivity index (χ1v) is 11.9. The molecular formula is C29H25N2O2S+. The van der Waals surface area contributed by atoms with Gasteiger partial charge in [0, 0.05) is 24.1 Å². The third-order valence-electron chi connectivity index (χ3n) is 6.07. The van der Waals surface area contributed by atoms with E-state index >= 15 is 0 Å². The summed E-state index contributed by atoms with van der Waals surface area (Å²) < 4.78 is 7.00. The number of thioether (sulfide) groups is 1. The van der Waals surface area contributed by atoms with Gasteiger partial charge < -0.3 is 9.64 Å². The number of aromatic nitrogens is 1. The lowest BCUT2D eigenvalue weighted by Crippen LogP contribution is -2.28. The fraction of sp³-hybridized carbons (Fsp3) is 0.103. The molecule has 0 fully saturated rings. The van der Waals surface area contributed by atoms with Crippen LogP contribution in [0.4, 0.5) is 5.69 Å². The molecule has 4 aromatic rings. The fourth-order valence-electron chi connectivity index (χ4n) is 4.19. The largest absolute Gasteiger partial charge is 0.465 e. The highest BCUT2D eigenvalue weighted by atomic mass is 32.2. The van der Waals surface area contributed by atoms with E-state index in [1.807, 2.05) is 24.3 Å². The molecule has 0 spiro atoms. The van der Waals surface area contributed by atoms with Gasteiger partial charge in [0.15, 0.2) is 6.20 Å². The average molecular weight is 466 g/mol. The first-order valence-electron chi connectivity index (χ1n) is 11.1. The lowest BCUT2D eigenvalue weighted by atomic mass is 9.99. The van der Waals surface area contributed by atoms with Gasteiger partial charge in [0.25, 0.3) is 0 Å². The van der Waals surface area contributed by atoms with E-state index in [0.717, 1.165) is 21.7 Å². The number of aryl methyl sites for hydroxylation is 1. The van der Waals surface area contributed by atoms with Crippen LogP contribution >= 0.6 is 11.8 Å². The molecule has 4 nitrogen and oxygen atoms in total. The van der Waals surface area contributed by atoms with Crippen LogP contribution < -0.4 is 9.47 Å². The minimum atomic E-state index is -0.335. The Labute approximate surface area is 203 Å². The van der Waals surface area contributed by atoms with Crippen molar-refractivity contribution in [2.75, 3.05) is 19.1 Å². The summed E-state index contributed by atoms with van der Waals surface area (Å²) in [6, 6.07) is 26.6. The number of pyridine rings is 1. The number of fused-ring (bicyclic) bond motifs is 2. The molecule has 0 atom stereocenters. The van der Waals surface area contributed by atoms with E-state index in [-0.39, 0.29) is 5.97 Å². The molecular weight excluding hydrogens is 440 g/mol. The van der Waals surface area contributed by atoms with Gasteiger partial charge >= 0.3 is 5.97 Å². The minimum Gasteiger partial charge on any atom is -0.465 e. The number of carbonyl (C=O) groups excluding carboxylic acids is 1. The van der Waals surface area contributed by atoms with E-state index in [2.05, 4.69) is 96.5 Å². The van der Waals surface area contributed by atoms with Crippen molar-refractivity contribution in [3.05, 3.63) is 113 Å². The Kier molecular flexibility index (Phi) is 5.95. The average Bonchev–Trinajstić information content (AvgIpc) is 3.20. The van der Waals surface area contributed by atoms with Gasteiger partial charge in [0.1, 0.15) is 7.05 Å². The van der Waals surface area contributed by atoms with Crippen molar-refractivity contribution in [3.63, 3.8) is 0 Å². The molecule has 5 rings (SSSR count). The Morgan fingerprint density at radius 2 is 1.65 bits per heavy atom. The van der Waals surface area contributed by atoms with E-state index in [9.17, 15) is 4.79 Å². The van der Waals surface area contributed by atoms with Gasteiger partial charge in [0.05, 0.1) is 28.8 Å². The smallest absolute Gasteiger partial charge is 0.337 e. The number of ether oxygens (including phenoxy) is 1. The molecule has 0 amide bonds. The summed E-state index contributed by atoms with van der Waals surface area (Å²) in [7, 11) is 5.56. The molecule has 1 aliphatic heterocycles. The van der Waals surface area contributed by atoms with E-state index < -0.39 is 0 Å². The third kappa shape index (κ3) is 4.11. The normalized spacial score (nSPS) is 14.5. The highest BCUT2D eigenvalue weighted by molar-refractivity contribution is 8.03. The Morgan fingerprint density at radius 3 is 2.41 bits per heavy atom. The number of allylic oxidation sites excluding steroid dienone is 2. The van der Waals surface area contributed by atoms with Crippen LogP contribution in [-0.2, 0) is 11.8 Å².